The Labute approximate surface area is 59.1 Å². The van der Waals surface area contributed by atoms with Gasteiger partial charge in [0.25, 0.3) is 0 Å². The van der Waals surface area contributed by atoms with Crippen LogP contribution in [-0.2, 0) is 4.79 Å². The minimum atomic E-state index is -1.12. The summed E-state index contributed by atoms with van der Waals surface area (Å²) < 4.78 is 0. The van der Waals surface area contributed by atoms with Gasteiger partial charge in [-0.25, -0.2) is 4.79 Å². The molecule has 0 aromatic heterocycles. The van der Waals surface area contributed by atoms with Gasteiger partial charge in [0.2, 0.25) is 0 Å². The number of carboxylic acids is 1. The highest BCUT2D eigenvalue weighted by Gasteiger charge is 1.99. The third-order valence-corrected chi connectivity index (χ3v) is 0.964. The van der Waals surface area contributed by atoms with Crippen molar-refractivity contribution < 1.29 is 9.90 Å². The fraction of sp³-hybridized carbons (Fsp3) is 0.333. The molecule has 0 unspecified atom stereocenters. The number of allylic oxidation sites excluding steroid dienone is 1. The summed E-state index contributed by atoms with van der Waals surface area (Å²) in [7, 11) is 1.57. The largest absolute Gasteiger partial charge is 0.477 e. The van der Waals surface area contributed by atoms with Crippen LogP contribution in [0.2, 0.25) is 0 Å². The van der Waals surface area contributed by atoms with E-state index in [1.807, 2.05) is 0 Å². The third kappa shape index (κ3) is 2.86. The lowest BCUT2D eigenvalue weighted by atomic mass is 10.3. The van der Waals surface area contributed by atoms with Gasteiger partial charge in [-0.15, -0.1) is 0 Å². The summed E-state index contributed by atoms with van der Waals surface area (Å²) in [6, 6.07) is 0. The molecule has 0 bridgehead atoms. The van der Waals surface area contributed by atoms with Crippen LogP contribution in [0.1, 0.15) is 6.92 Å². The Morgan fingerprint density at radius 2 is 2.20 bits per heavy atom. The topological polar surface area (TPSA) is 75.7 Å². The van der Waals surface area contributed by atoms with E-state index in [1.165, 1.54) is 6.08 Å². The third-order valence-electron chi connectivity index (χ3n) is 0.964. The fourth-order valence-electron chi connectivity index (χ4n) is 0.351. The lowest BCUT2D eigenvalue weighted by molar-refractivity contribution is -0.132. The van der Waals surface area contributed by atoms with Crippen LogP contribution in [0.4, 0.5) is 0 Å². The Kier molecular flexibility index (Phi) is 3.17. The molecule has 3 N–H and O–H groups in total. The summed E-state index contributed by atoms with van der Waals surface area (Å²) in [5, 5.41) is 8.28. The SMILES string of the molecule is CN=C(C)C=C(N)C(=O)O. The number of nitrogens with two attached hydrogens (primary N) is 1. The molecule has 0 aliphatic carbocycles. The minimum Gasteiger partial charge on any atom is -0.477 e. The Balaban J connectivity index is 4.31. The van der Waals surface area contributed by atoms with Crippen molar-refractivity contribution in [3.63, 3.8) is 0 Å². The van der Waals surface area contributed by atoms with Crippen molar-refractivity contribution in [1.82, 2.24) is 0 Å². The van der Waals surface area contributed by atoms with Crippen molar-refractivity contribution in [3.8, 4) is 0 Å². The van der Waals surface area contributed by atoms with E-state index in [0.717, 1.165) is 0 Å². The molecule has 0 aromatic rings. The average molecular weight is 142 g/mol. The fourth-order valence-corrected chi connectivity index (χ4v) is 0.351. The Bertz CT molecular complexity index is 194. The molecule has 0 radical (unpaired) electrons. The van der Waals surface area contributed by atoms with Crippen molar-refractivity contribution >= 4 is 11.7 Å². The molecule has 0 aromatic carbocycles. The summed E-state index contributed by atoms with van der Waals surface area (Å²) in [4.78, 5) is 13.8. The van der Waals surface area contributed by atoms with Gasteiger partial charge < -0.3 is 10.8 Å². The van der Waals surface area contributed by atoms with Crippen molar-refractivity contribution in [2.75, 3.05) is 7.05 Å². The molecule has 0 heterocycles. The summed E-state index contributed by atoms with van der Waals surface area (Å²) in [6.45, 7) is 1.68. The Morgan fingerprint density at radius 3 is 2.50 bits per heavy atom. The first-order chi connectivity index (χ1) is 4.57. The molecule has 4 heteroatoms. The monoisotopic (exact) mass is 142 g/mol. The van der Waals surface area contributed by atoms with Gasteiger partial charge in [-0.1, -0.05) is 0 Å². The first-order valence-electron chi connectivity index (χ1n) is 2.71. The number of aliphatic carboxylic acids is 1. The van der Waals surface area contributed by atoms with Gasteiger partial charge in [-0.3, -0.25) is 4.99 Å². The predicted molar refractivity (Wildman–Crippen MR) is 38.9 cm³/mol. The predicted octanol–water partition coefficient (Wildman–Crippen LogP) is 0.00430. The van der Waals surface area contributed by atoms with E-state index in [-0.39, 0.29) is 5.70 Å². The number of hydrogen-bond donors (Lipinski definition) is 2. The molecule has 0 saturated heterocycles. The van der Waals surface area contributed by atoms with E-state index < -0.39 is 5.97 Å². The maximum absolute atomic E-state index is 10.1. The van der Waals surface area contributed by atoms with E-state index in [2.05, 4.69) is 4.99 Å². The molecule has 0 aliphatic heterocycles. The van der Waals surface area contributed by atoms with Gasteiger partial charge >= 0.3 is 5.97 Å². The van der Waals surface area contributed by atoms with Crippen molar-refractivity contribution in [3.05, 3.63) is 11.8 Å². The van der Waals surface area contributed by atoms with Gasteiger partial charge in [-0.2, -0.15) is 0 Å². The van der Waals surface area contributed by atoms with E-state index in [1.54, 1.807) is 14.0 Å². The molecule has 0 rings (SSSR count). The van der Waals surface area contributed by atoms with Crippen LogP contribution in [0.3, 0.4) is 0 Å². The second-order valence-electron chi connectivity index (χ2n) is 1.77. The zero-order chi connectivity index (χ0) is 8.15. The quantitative estimate of drug-likeness (QED) is 0.421. The number of carboxylic acid groups (broad SMARTS) is 1. The zero-order valence-corrected chi connectivity index (χ0v) is 5.96. The number of nitrogens with zero attached hydrogens (tertiary/aromatic N) is 1. The van der Waals surface area contributed by atoms with Crippen molar-refractivity contribution in [2.45, 2.75) is 6.92 Å². The molecule has 0 aliphatic rings. The van der Waals surface area contributed by atoms with Crippen LogP contribution in [0.25, 0.3) is 0 Å². The molecule has 56 valence electrons. The molecule has 0 spiro atoms. The van der Waals surface area contributed by atoms with Crippen LogP contribution < -0.4 is 5.73 Å². The van der Waals surface area contributed by atoms with Crippen molar-refractivity contribution in [2.24, 2.45) is 10.7 Å². The number of rotatable bonds is 2. The van der Waals surface area contributed by atoms with Gasteiger partial charge in [0.1, 0.15) is 5.70 Å². The zero-order valence-electron chi connectivity index (χ0n) is 5.96. The first kappa shape index (κ1) is 8.68. The summed E-state index contributed by atoms with van der Waals surface area (Å²) >= 11 is 0. The first-order valence-corrected chi connectivity index (χ1v) is 2.71. The van der Waals surface area contributed by atoms with E-state index in [0.29, 0.717) is 5.71 Å². The summed E-state index contributed by atoms with van der Waals surface area (Å²) in [5.74, 6) is -1.12. The standard InChI is InChI=1S/C6H10N2O2/c1-4(8-2)3-5(7)6(9)10/h3H,7H2,1-2H3,(H,9,10). The highest BCUT2D eigenvalue weighted by molar-refractivity contribution is 5.99. The summed E-state index contributed by atoms with van der Waals surface area (Å²) in [6.07, 6.45) is 1.31. The molecular weight excluding hydrogens is 132 g/mol. The van der Waals surface area contributed by atoms with Crippen LogP contribution in [0, 0.1) is 0 Å². The lowest BCUT2D eigenvalue weighted by Gasteiger charge is -1.91. The lowest BCUT2D eigenvalue weighted by Crippen LogP contribution is -2.11. The van der Waals surface area contributed by atoms with Crippen LogP contribution >= 0.6 is 0 Å². The highest BCUT2D eigenvalue weighted by Crippen LogP contribution is 1.85. The number of hydrogen-bond acceptors (Lipinski definition) is 3. The molecule has 0 atom stereocenters. The molecular formula is C6H10N2O2. The Hall–Kier alpha value is -1.32. The molecule has 10 heavy (non-hydrogen) atoms. The van der Waals surface area contributed by atoms with Gasteiger partial charge in [0.15, 0.2) is 0 Å². The second-order valence-corrected chi connectivity index (χ2v) is 1.77. The average Bonchev–Trinajstić information content (AvgIpc) is 1.87. The molecule has 4 nitrogen and oxygen atoms in total. The second kappa shape index (κ2) is 3.66. The van der Waals surface area contributed by atoms with Crippen LogP contribution in [-0.4, -0.2) is 23.8 Å². The maximum Gasteiger partial charge on any atom is 0.351 e. The molecule has 0 amide bonds. The molecule has 0 fully saturated rings. The van der Waals surface area contributed by atoms with Gasteiger partial charge in [0.05, 0.1) is 0 Å². The molecule has 0 saturated carbocycles. The smallest absolute Gasteiger partial charge is 0.351 e. The highest BCUT2D eigenvalue weighted by atomic mass is 16.4. The van der Waals surface area contributed by atoms with Gasteiger partial charge in [0, 0.05) is 12.8 Å². The van der Waals surface area contributed by atoms with Crippen LogP contribution in [0.5, 0.6) is 0 Å². The van der Waals surface area contributed by atoms with Gasteiger partial charge in [-0.05, 0) is 13.0 Å². The van der Waals surface area contributed by atoms with E-state index in [4.69, 9.17) is 10.8 Å². The van der Waals surface area contributed by atoms with Crippen molar-refractivity contribution in [1.29, 1.82) is 0 Å². The number of aliphatic imine (C=N–C) groups is 1. The Morgan fingerprint density at radius 1 is 1.70 bits per heavy atom. The van der Waals surface area contributed by atoms with E-state index >= 15 is 0 Å². The normalized spacial score (nSPS) is 13.4. The van der Waals surface area contributed by atoms with E-state index in [9.17, 15) is 4.79 Å². The minimum absolute atomic E-state index is 0.192. The maximum atomic E-state index is 10.1. The number of carbonyl (C=O) groups is 1. The summed E-state index contributed by atoms with van der Waals surface area (Å²) in [5.41, 5.74) is 5.48. The van der Waals surface area contributed by atoms with Crippen LogP contribution in [0.15, 0.2) is 16.8 Å².